The lowest BCUT2D eigenvalue weighted by molar-refractivity contribution is -0.147. The molecule has 1 amide bonds. The van der Waals surface area contributed by atoms with E-state index in [1.165, 1.54) is 0 Å². The number of esters is 1. The van der Waals surface area contributed by atoms with Crippen molar-refractivity contribution in [1.82, 2.24) is 0 Å². The van der Waals surface area contributed by atoms with Gasteiger partial charge in [-0.25, -0.2) is 0 Å². The number of Topliss-reactive ketones (excluding diaryl/α,β-unsaturated/α-hetero) is 1. The number of anilines is 1. The van der Waals surface area contributed by atoms with Crippen molar-refractivity contribution in [2.24, 2.45) is 0 Å². The van der Waals surface area contributed by atoms with Crippen LogP contribution in [-0.2, 0) is 14.3 Å². The van der Waals surface area contributed by atoms with Gasteiger partial charge >= 0.3 is 5.97 Å². The average molecular weight is 404 g/mol. The van der Waals surface area contributed by atoms with E-state index in [9.17, 15) is 14.4 Å². The van der Waals surface area contributed by atoms with Crippen LogP contribution in [0.4, 0.5) is 5.69 Å². The molecule has 0 unspecified atom stereocenters. The van der Waals surface area contributed by atoms with Crippen LogP contribution >= 0.6 is 15.9 Å². The number of amides is 1. The lowest BCUT2D eigenvalue weighted by Gasteiger charge is -2.09. The molecule has 2 aromatic rings. The predicted octanol–water partition coefficient (Wildman–Crippen LogP) is 3.90. The monoisotopic (exact) mass is 403 g/mol. The van der Waals surface area contributed by atoms with Crippen molar-refractivity contribution in [3.8, 4) is 0 Å². The maximum Gasteiger partial charge on any atom is 0.306 e. The molecule has 130 valence electrons. The molecule has 2 rings (SSSR count). The molecule has 0 atom stereocenters. The standard InChI is InChI=1S/C19H18BrNO4/c1-13-11-15(20)7-8-16(13)21-18(23)12-25-19(24)10-9-17(22)14-5-3-2-4-6-14/h2-8,11H,9-10,12H2,1H3,(H,21,23). The van der Waals surface area contributed by atoms with Crippen LogP contribution in [0.3, 0.4) is 0 Å². The Hall–Kier alpha value is -2.47. The summed E-state index contributed by atoms with van der Waals surface area (Å²) < 4.78 is 5.83. The van der Waals surface area contributed by atoms with Crippen molar-refractivity contribution < 1.29 is 19.1 Å². The van der Waals surface area contributed by atoms with Crippen LogP contribution in [0.5, 0.6) is 0 Å². The van der Waals surface area contributed by atoms with Gasteiger partial charge in [-0.05, 0) is 30.7 Å². The second-order valence-electron chi connectivity index (χ2n) is 5.46. The smallest absolute Gasteiger partial charge is 0.306 e. The first-order valence-electron chi connectivity index (χ1n) is 7.75. The van der Waals surface area contributed by atoms with Crippen molar-refractivity contribution in [2.45, 2.75) is 19.8 Å². The molecule has 0 bridgehead atoms. The molecule has 1 N–H and O–H groups in total. The van der Waals surface area contributed by atoms with E-state index in [-0.39, 0.29) is 25.2 Å². The fraction of sp³-hybridized carbons (Fsp3) is 0.211. The molecule has 0 fully saturated rings. The summed E-state index contributed by atoms with van der Waals surface area (Å²) in [6.07, 6.45) is -0.00535. The normalized spacial score (nSPS) is 10.2. The lowest BCUT2D eigenvalue weighted by atomic mass is 10.1. The second-order valence-corrected chi connectivity index (χ2v) is 6.37. The first-order chi connectivity index (χ1) is 12.0. The fourth-order valence-electron chi connectivity index (χ4n) is 2.16. The van der Waals surface area contributed by atoms with E-state index in [0.717, 1.165) is 10.0 Å². The molecular formula is C19H18BrNO4. The van der Waals surface area contributed by atoms with Gasteiger partial charge in [0, 0.05) is 22.1 Å². The van der Waals surface area contributed by atoms with E-state index in [1.54, 1.807) is 30.3 Å². The number of halogens is 1. The van der Waals surface area contributed by atoms with Crippen LogP contribution in [-0.4, -0.2) is 24.3 Å². The zero-order valence-corrected chi connectivity index (χ0v) is 15.3. The number of aryl methyl sites for hydroxylation is 1. The number of benzene rings is 2. The number of nitrogens with one attached hydrogen (secondary N) is 1. The molecular weight excluding hydrogens is 386 g/mol. The van der Waals surface area contributed by atoms with E-state index in [1.807, 2.05) is 25.1 Å². The highest BCUT2D eigenvalue weighted by Crippen LogP contribution is 2.19. The highest BCUT2D eigenvalue weighted by molar-refractivity contribution is 9.10. The number of ketones is 1. The van der Waals surface area contributed by atoms with Crippen LogP contribution in [0.2, 0.25) is 0 Å². The summed E-state index contributed by atoms with van der Waals surface area (Å²) in [6, 6.07) is 14.2. The predicted molar refractivity (Wildman–Crippen MR) is 98.5 cm³/mol. The molecule has 0 heterocycles. The summed E-state index contributed by atoms with van der Waals surface area (Å²) in [5.74, 6) is -1.13. The third-order valence-electron chi connectivity index (χ3n) is 3.48. The number of hydrogen-bond donors (Lipinski definition) is 1. The van der Waals surface area contributed by atoms with Gasteiger partial charge in [-0.3, -0.25) is 14.4 Å². The highest BCUT2D eigenvalue weighted by Gasteiger charge is 2.12. The molecule has 6 heteroatoms. The molecule has 0 saturated carbocycles. The molecule has 0 aliphatic heterocycles. The van der Waals surface area contributed by atoms with Crippen molar-refractivity contribution >= 4 is 39.3 Å². The number of carbonyl (C=O) groups is 3. The zero-order valence-electron chi connectivity index (χ0n) is 13.8. The minimum atomic E-state index is -0.577. The maximum atomic E-state index is 11.9. The molecule has 5 nitrogen and oxygen atoms in total. The van der Waals surface area contributed by atoms with E-state index >= 15 is 0 Å². The average Bonchev–Trinajstić information content (AvgIpc) is 2.61. The zero-order chi connectivity index (χ0) is 18.2. The summed E-state index contributed by atoms with van der Waals surface area (Å²) in [4.78, 5) is 35.4. The molecule has 2 aromatic carbocycles. The molecule has 0 aliphatic carbocycles. The number of carbonyl (C=O) groups excluding carboxylic acids is 3. The van der Waals surface area contributed by atoms with Crippen LogP contribution in [0, 0.1) is 6.92 Å². The first kappa shape index (κ1) is 18.9. The van der Waals surface area contributed by atoms with E-state index in [4.69, 9.17) is 4.74 Å². The number of rotatable bonds is 7. The number of ether oxygens (including phenoxy) is 1. The Morgan fingerprint density at radius 1 is 1.04 bits per heavy atom. The van der Waals surface area contributed by atoms with Gasteiger partial charge in [-0.15, -0.1) is 0 Å². The maximum absolute atomic E-state index is 11.9. The topological polar surface area (TPSA) is 72.5 Å². The quantitative estimate of drug-likeness (QED) is 0.561. The van der Waals surface area contributed by atoms with Gasteiger partial charge in [-0.1, -0.05) is 46.3 Å². The summed E-state index contributed by atoms with van der Waals surface area (Å²) in [7, 11) is 0. The molecule has 0 aliphatic rings. The van der Waals surface area contributed by atoms with Gasteiger partial charge in [0.05, 0.1) is 6.42 Å². The molecule has 0 radical (unpaired) electrons. The highest BCUT2D eigenvalue weighted by atomic mass is 79.9. The minimum Gasteiger partial charge on any atom is -0.456 e. The third-order valence-corrected chi connectivity index (χ3v) is 3.97. The van der Waals surface area contributed by atoms with Gasteiger partial charge in [0.2, 0.25) is 0 Å². The first-order valence-corrected chi connectivity index (χ1v) is 8.55. The summed E-state index contributed by atoms with van der Waals surface area (Å²) in [5, 5.41) is 2.68. The molecule has 25 heavy (non-hydrogen) atoms. The van der Waals surface area contributed by atoms with Gasteiger partial charge < -0.3 is 10.1 Å². The summed E-state index contributed by atoms with van der Waals surface area (Å²) in [5.41, 5.74) is 2.10. The van der Waals surface area contributed by atoms with Gasteiger partial charge in [0.25, 0.3) is 5.91 Å². The van der Waals surface area contributed by atoms with Crippen LogP contribution in [0.15, 0.2) is 53.0 Å². The molecule has 0 aromatic heterocycles. The Morgan fingerprint density at radius 2 is 1.76 bits per heavy atom. The van der Waals surface area contributed by atoms with E-state index in [2.05, 4.69) is 21.2 Å². The lowest BCUT2D eigenvalue weighted by Crippen LogP contribution is -2.21. The van der Waals surface area contributed by atoms with Crippen molar-refractivity contribution in [3.05, 3.63) is 64.1 Å². The SMILES string of the molecule is Cc1cc(Br)ccc1NC(=O)COC(=O)CCC(=O)c1ccccc1. The fourth-order valence-corrected chi connectivity index (χ4v) is 2.63. The second kappa shape index (κ2) is 9.13. The number of hydrogen-bond acceptors (Lipinski definition) is 4. The van der Waals surface area contributed by atoms with Gasteiger partial charge in [0.1, 0.15) is 0 Å². The Labute approximate surface area is 154 Å². The Balaban J connectivity index is 1.74. The molecule has 0 saturated heterocycles. The third kappa shape index (κ3) is 6.15. The summed E-state index contributed by atoms with van der Waals surface area (Å²) in [6.45, 7) is 1.48. The van der Waals surface area contributed by atoms with Crippen LogP contribution < -0.4 is 5.32 Å². The van der Waals surface area contributed by atoms with Crippen molar-refractivity contribution in [3.63, 3.8) is 0 Å². The van der Waals surface area contributed by atoms with Crippen molar-refractivity contribution in [1.29, 1.82) is 0 Å². The van der Waals surface area contributed by atoms with E-state index in [0.29, 0.717) is 11.3 Å². The van der Waals surface area contributed by atoms with Crippen LogP contribution in [0.1, 0.15) is 28.8 Å². The Morgan fingerprint density at radius 3 is 2.44 bits per heavy atom. The minimum absolute atomic E-state index is 0.0519. The summed E-state index contributed by atoms with van der Waals surface area (Å²) >= 11 is 3.35. The van der Waals surface area contributed by atoms with Crippen LogP contribution in [0.25, 0.3) is 0 Å². The van der Waals surface area contributed by atoms with Gasteiger partial charge in [0.15, 0.2) is 12.4 Å². The van der Waals surface area contributed by atoms with E-state index < -0.39 is 11.9 Å². The molecule has 0 spiro atoms. The largest absolute Gasteiger partial charge is 0.456 e. The Bertz CT molecular complexity index is 774. The van der Waals surface area contributed by atoms with Gasteiger partial charge in [-0.2, -0.15) is 0 Å². The Kier molecular flexibility index (Phi) is 6.89. The van der Waals surface area contributed by atoms with Crippen molar-refractivity contribution in [2.75, 3.05) is 11.9 Å².